The van der Waals surface area contributed by atoms with Crippen LogP contribution in [0.3, 0.4) is 0 Å². The van der Waals surface area contributed by atoms with Crippen molar-refractivity contribution in [2.45, 2.75) is 19.0 Å². The zero-order valence-electron chi connectivity index (χ0n) is 19.8. The molecular formula is C26H27F3N6S. The predicted molar refractivity (Wildman–Crippen MR) is 138 cm³/mol. The lowest BCUT2D eigenvalue weighted by Gasteiger charge is -2.29. The Kier molecular flexibility index (Phi) is 6.97. The number of benzene rings is 2. The molecule has 5 rings (SSSR count). The average Bonchev–Trinajstić information content (AvgIpc) is 3.57. The third-order valence-corrected chi connectivity index (χ3v) is 7.23. The van der Waals surface area contributed by atoms with E-state index in [-0.39, 0.29) is 5.69 Å². The minimum Gasteiger partial charge on any atom is -0.385 e. The summed E-state index contributed by atoms with van der Waals surface area (Å²) < 4.78 is 43.6. The normalized spacial score (nSPS) is 15.2. The van der Waals surface area contributed by atoms with Gasteiger partial charge < -0.3 is 20.1 Å². The van der Waals surface area contributed by atoms with Crippen LogP contribution in [0.2, 0.25) is 0 Å². The standard InChI is InChI=1S/C26H27F3N6S/c1-34-11-8-18(9-12-34)15-31-20-4-7-23(22(14-20)26(27,28)29)32-25-33-24(16-36-25)19-2-5-21(6-3-19)35-13-10-30-17-35/h2-7,10,13-14,16-18,31H,8-9,11-12,15H2,1H3,(H,32,33). The largest absolute Gasteiger partial charge is 0.418 e. The van der Waals surface area contributed by atoms with Gasteiger partial charge in [-0.15, -0.1) is 11.3 Å². The number of aromatic nitrogens is 3. The predicted octanol–water partition coefficient (Wildman–Crippen LogP) is 6.51. The smallest absolute Gasteiger partial charge is 0.385 e. The summed E-state index contributed by atoms with van der Waals surface area (Å²) in [6.07, 6.45) is 2.89. The Bertz CT molecular complexity index is 1280. The van der Waals surface area contributed by atoms with Gasteiger partial charge >= 0.3 is 6.18 Å². The molecule has 4 aromatic rings. The van der Waals surface area contributed by atoms with Gasteiger partial charge in [-0.25, -0.2) is 9.97 Å². The highest BCUT2D eigenvalue weighted by Crippen LogP contribution is 2.39. The molecule has 2 aromatic carbocycles. The molecule has 188 valence electrons. The lowest BCUT2D eigenvalue weighted by Crippen LogP contribution is -2.32. The van der Waals surface area contributed by atoms with Crippen molar-refractivity contribution in [2.75, 3.05) is 37.3 Å². The first kappa shape index (κ1) is 24.3. The molecule has 0 atom stereocenters. The Hall–Kier alpha value is -3.37. The molecule has 36 heavy (non-hydrogen) atoms. The lowest BCUT2D eigenvalue weighted by molar-refractivity contribution is -0.136. The number of thiazole rings is 1. The van der Waals surface area contributed by atoms with Gasteiger partial charge in [-0.3, -0.25) is 0 Å². The highest BCUT2D eigenvalue weighted by molar-refractivity contribution is 7.14. The van der Waals surface area contributed by atoms with Gasteiger partial charge in [0.2, 0.25) is 0 Å². The van der Waals surface area contributed by atoms with Gasteiger partial charge in [-0.1, -0.05) is 12.1 Å². The molecule has 1 aliphatic rings. The number of rotatable bonds is 7. The average molecular weight is 513 g/mol. The molecule has 0 radical (unpaired) electrons. The molecule has 2 N–H and O–H groups in total. The van der Waals surface area contributed by atoms with Crippen LogP contribution in [0.5, 0.6) is 0 Å². The molecule has 0 amide bonds. The molecule has 0 spiro atoms. The van der Waals surface area contributed by atoms with Gasteiger partial charge in [0.1, 0.15) is 0 Å². The van der Waals surface area contributed by atoms with Gasteiger partial charge in [0.15, 0.2) is 5.13 Å². The minimum atomic E-state index is -4.49. The molecule has 1 saturated heterocycles. The monoisotopic (exact) mass is 512 g/mol. The fourth-order valence-corrected chi connectivity index (χ4v) is 5.05. The summed E-state index contributed by atoms with van der Waals surface area (Å²) >= 11 is 1.27. The lowest BCUT2D eigenvalue weighted by atomic mass is 9.97. The highest BCUT2D eigenvalue weighted by atomic mass is 32.1. The van der Waals surface area contributed by atoms with Crippen LogP contribution in [0, 0.1) is 5.92 Å². The van der Waals surface area contributed by atoms with Crippen molar-refractivity contribution in [3.8, 4) is 16.9 Å². The Morgan fingerprint density at radius 2 is 1.86 bits per heavy atom. The van der Waals surface area contributed by atoms with E-state index in [1.165, 1.54) is 23.5 Å². The van der Waals surface area contributed by atoms with E-state index in [0.717, 1.165) is 37.2 Å². The number of nitrogens with one attached hydrogen (secondary N) is 2. The van der Waals surface area contributed by atoms with E-state index in [4.69, 9.17) is 0 Å². The number of alkyl halides is 3. The van der Waals surface area contributed by atoms with E-state index in [9.17, 15) is 13.2 Å². The zero-order chi connectivity index (χ0) is 25.1. The van der Waals surface area contributed by atoms with Gasteiger partial charge in [0.25, 0.3) is 0 Å². The van der Waals surface area contributed by atoms with Crippen molar-refractivity contribution in [1.29, 1.82) is 0 Å². The molecule has 2 aromatic heterocycles. The topological polar surface area (TPSA) is 58.0 Å². The van der Waals surface area contributed by atoms with E-state index >= 15 is 0 Å². The molecule has 0 bridgehead atoms. The first-order chi connectivity index (χ1) is 17.3. The summed E-state index contributed by atoms with van der Waals surface area (Å²) in [4.78, 5) is 10.8. The first-order valence-electron chi connectivity index (χ1n) is 11.8. The second kappa shape index (κ2) is 10.3. The van der Waals surface area contributed by atoms with Crippen LogP contribution in [0.1, 0.15) is 18.4 Å². The molecule has 10 heteroatoms. The van der Waals surface area contributed by atoms with Crippen LogP contribution in [0.4, 0.5) is 29.7 Å². The summed E-state index contributed by atoms with van der Waals surface area (Å²) in [6, 6.07) is 12.1. The summed E-state index contributed by atoms with van der Waals surface area (Å²) in [6.45, 7) is 2.72. The number of nitrogens with zero attached hydrogens (tertiary/aromatic N) is 4. The number of imidazole rings is 1. The van der Waals surface area contributed by atoms with Crippen LogP contribution >= 0.6 is 11.3 Å². The first-order valence-corrected chi connectivity index (χ1v) is 12.7. The summed E-state index contributed by atoms with van der Waals surface area (Å²) in [5.74, 6) is 0.469. The number of anilines is 3. The maximum atomic E-state index is 13.9. The van der Waals surface area contributed by atoms with Crippen molar-refractivity contribution < 1.29 is 13.2 Å². The molecule has 0 unspecified atom stereocenters. The van der Waals surface area contributed by atoms with E-state index < -0.39 is 11.7 Å². The summed E-state index contributed by atoms with van der Waals surface area (Å²) in [5.41, 5.74) is 2.30. The molecule has 0 aliphatic carbocycles. The second-order valence-corrected chi connectivity index (χ2v) is 9.92. The van der Waals surface area contributed by atoms with Crippen LogP contribution in [-0.4, -0.2) is 46.1 Å². The van der Waals surface area contributed by atoms with E-state index in [1.54, 1.807) is 18.6 Å². The summed E-state index contributed by atoms with van der Waals surface area (Å²) in [7, 11) is 2.09. The van der Waals surface area contributed by atoms with E-state index in [2.05, 4.69) is 32.5 Å². The number of halogens is 3. The fraction of sp³-hybridized carbons (Fsp3) is 0.308. The fourth-order valence-electron chi connectivity index (χ4n) is 4.32. The van der Waals surface area contributed by atoms with Crippen LogP contribution in [0.25, 0.3) is 16.9 Å². The molecule has 0 saturated carbocycles. The SMILES string of the molecule is CN1CCC(CNc2ccc(Nc3nc(-c4ccc(-n5ccnc5)cc4)cs3)c(C(F)(F)F)c2)CC1. The molecule has 6 nitrogen and oxygen atoms in total. The molecule has 1 aliphatic heterocycles. The maximum absolute atomic E-state index is 13.9. The molecular weight excluding hydrogens is 485 g/mol. The summed E-state index contributed by atoms with van der Waals surface area (Å²) in [5, 5.41) is 8.33. The van der Waals surface area contributed by atoms with Crippen molar-refractivity contribution in [3.05, 3.63) is 72.1 Å². The van der Waals surface area contributed by atoms with Crippen LogP contribution < -0.4 is 10.6 Å². The Labute approximate surface area is 211 Å². The van der Waals surface area contributed by atoms with Gasteiger partial charge in [0.05, 0.1) is 23.3 Å². The number of hydrogen-bond donors (Lipinski definition) is 2. The molecule has 3 heterocycles. The quantitative estimate of drug-likeness (QED) is 0.296. The Morgan fingerprint density at radius 1 is 1.08 bits per heavy atom. The molecule has 1 fully saturated rings. The van der Waals surface area contributed by atoms with Gasteiger partial charge in [0, 0.05) is 41.3 Å². The Balaban J connectivity index is 1.28. The van der Waals surface area contributed by atoms with Crippen molar-refractivity contribution in [3.63, 3.8) is 0 Å². The third kappa shape index (κ3) is 5.71. The highest BCUT2D eigenvalue weighted by Gasteiger charge is 2.34. The van der Waals surface area contributed by atoms with Crippen molar-refractivity contribution in [2.24, 2.45) is 5.92 Å². The van der Waals surface area contributed by atoms with Crippen LogP contribution in [-0.2, 0) is 6.18 Å². The Morgan fingerprint density at radius 3 is 2.56 bits per heavy atom. The second-order valence-electron chi connectivity index (χ2n) is 9.07. The number of hydrogen-bond acceptors (Lipinski definition) is 6. The zero-order valence-corrected chi connectivity index (χ0v) is 20.6. The number of piperidine rings is 1. The van der Waals surface area contributed by atoms with Gasteiger partial charge in [-0.05, 0) is 69.2 Å². The van der Waals surface area contributed by atoms with Crippen molar-refractivity contribution in [1.82, 2.24) is 19.4 Å². The van der Waals surface area contributed by atoms with E-state index in [0.29, 0.717) is 29.0 Å². The minimum absolute atomic E-state index is 0.0105. The van der Waals surface area contributed by atoms with Crippen molar-refractivity contribution >= 4 is 27.8 Å². The van der Waals surface area contributed by atoms with Gasteiger partial charge in [-0.2, -0.15) is 13.2 Å². The van der Waals surface area contributed by atoms with E-state index in [1.807, 2.05) is 40.4 Å². The number of likely N-dealkylation sites (tertiary alicyclic amines) is 1. The maximum Gasteiger partial charge on any atom is 0.418 e. The third-order valence-electron chi connectivity index (χ3n) is 6.47. The van der Waals surface area contributed by atoms with Crippen LogP contribution in [0.15, 0.2) is 66.6 Å².